The fourth-order valence-corrected chi connectivity index (χ4v) is 2.14. The Morgan fingerprint density at radius 3 is 2.61 bits per heavy atom. The van der Waals surface area contributed by atoms with Crippen molar-refractivity contribution in [2.45, 2.75) is 25.7 Å². The molecule has 96 valence electrons. The van der Waals surface area contributed by atoms with Gasteiger partial charge < -0.3 is 4.52 Å². The first-order chi connectivity index (χ1) is 8.59. The van der Waals surface area contributed by atoms with Crippen molar-refractivity contribution in [3.63, 3.8) is 0 Å². The molecule has 1 aromatic heterocycles. The summed E-state index contributed by atoms with van der Waals surface area (Å²) in [6.07, 6.45) is 0. The van der Waals surface area contributed by atoms with Gasteiger partial charge in [0.05, 0.1) is 10.6 Å². The quantitative estimate of drug-likeness (QED) is 0.862. The van der Waals surface area contributed by atoms with Gasteiger partial charge in [0.1, 0.15) is 0 Å². The molecule has 0 amide bonds. The van der Waals surface area contributed by atoms with Crippen LogP contribution in [0, 0.1) is 20.8 Å². The predicted molar refractivity (Wildman–Crippen MR) is 68.3 cm³/mol. The highest BCUT2D eigenvalue weighted by molar-refractivity contribution is 7.80. The highest BCUT2D eigenvalue weighted by Gasteiger charge is 2.12. The van der Waals surface area contributed by atoms with E-state index in [0.717, 1.165) is 16.8 Å². The minimum absolute atomic E-state index is 0.370. The van der Waals surface area contributed by atoms with Crippen molar-refractivity contribution in [3.05, 3.63) is 41.1 Å². The first-order valence-corrected chi connectivity index (χ1v) is 6.50. The second kappa shape index (κ2) is 5.32. The number of hydrogen-bond acceptors (Lipinski definition) is 5. The van der Waals surface area contributed by atoms with Crippen molar-refractivity contribution in [1.82, 2.24) is 5.16 Å². The molecule has 2 aromatic rings. The van der Waals surface area contributed by atoms with Gasteiger partial charge in [-0.05, 0) is 32.4 Å². The number of aromatic nitrogens is 1. The summed E-state index contributed by atoms with van der Waals surface area (Å²) in [5.74, 6) is 0.370. The number of anilines is 1. The number of hydrogen-bond donors (Lipinski definition) is 1. The van der Waals surface area contributed by atoms with Crippen LogP contribution in [-0.4, -0.2) is 9.37 Å². The van der Waals surface area contributed by atoms with Crippen LogP contribution in [-0.2, 0) is 15.4 Å². The van der Waals surface area contributed by atoms with E-state index < -0.39 is 11.1 Å². The van der Waals surface area contributed by atoms with Gasteiger partial charge in [0, 0.05) is 5.56 Å². The molecule has 0 aliphatic heterocycles. The maximum atomic E-state index is 11.9. The second-order valence-electron chi connectivity index (χ2n) is 3.91. The number of nitrogens with one attached hydrogen (secondary N) is 1. The van der Waals surface area contributed by atoms with Crippen molar-refractivity contribution in [1.29, 1.82) is 0 Å². The molecule has 5 nitrogen and oxygen atoms in total. The van der Waals surface area contributed by atoms with Crippen molar-refractivity contribution in [2.75, 3.05) is 5.48 Å². The van der Waals surface area contributed by atoms with E-state index in [0.29, 0.717) is 10.8 Å². The van der Waals surface area contributed by atoms with Crippen LogP contribution in [0.1, 0.15) is 16.8 Å². The molecule has 1 heterocycles. The number of rotatable bonds is 4. The fraction of sp³-hybridized carbons (Fsp3) is 0.250. The van der Waals surface area contributed by atoms with Crippen LogP contribution in [0.4, 0.5) is 5.88 Å². The van der Waals surface area contributed by atoms with Crippen LogP contribution in [0.5, 0.6) is 0 Å². The van der Waals surface area contributed by atoms with E-state index in [1.54, 1.807) is 6.07 Å². The van der Waals surface area contributed by atoms with Gasteiger partial charge in [-0.15, -0.1) is 0 Å². The lowest BCUT2D eigenvalue weighted by molar-refractivity contribution is 0.366. The molecule has 1 N–H and O–H groups in total. The third-order valence-corrected chi connectivity index (χ3v) is 3.69. The molecule has 0 aliphatic rings. The van der Waals surface area contributed by atoms with Gasteiger partial charge in [0.15, 0.2) is 0 Å². The molecule has 0 fully saturated rings. The molecule has 0 saturated heterocycles. The van der Waals surface area contributed by atoms with Crippen molar-refractivity contribution >= 4 is 17.0 Å². The molecular formula is C12H14N2O3S. The van der Waals surface area contributed by atoms with E-state index in [2.05, 4.69) is 10.6 Å². The smallest absolute Gasteiger partial charge is 0.252 e. The van der Waals surface area contributed by atoms with Crippen LogP contribution in [0.2, 0.25) is 0 Å². The molecule has 6 heteroatoms. The van der Waals surface area contributed by atoms with Crippen molar-refractivity contribution in [3.8, 4) is 0 Å². The Kier molecular flexibility index (Phi) is 3.78. The predicted octanol–water partition coefficient (Wildman–Crippen LogP) is 2.67. The average molecular weight is 266 g/mol. The first-order valence-electron chi connectivity index (χ1n) is 5.43. The Morgan fingerprint density at radius 2 is 2.00 bits per heavy atom. The number of nitrogens with zero attached hydrogens (tertiary/aromatic N) is 1. The van der Waals surface area contributed by atoms with E-state index in [4.69, 9.17) is 8.81 Å². The summed E-state index contributed by atoms with van der Waals surface area (Å²) in [5, 5.41) is 3.77. The molecule has 1 atom stereocenters. The van der Waals surface area contributed by atoms with E-state index in [9.17, 15) is 4.21 Å². The molecule has 0 saturated carbocycles. The Bertz CT molecular complexity index is 580. The first kappa shape index (κ1) is 12.8. The van der Waals surface area contributed by atoms with E-state index >= 15 is 0 Å². The van der Waals surface area contributed by atoms with Gasteiger partial charge in [0.25, 0.3) is 5.88 Å². The van der Waals surface area contributed by atoms with Crippen LogP contribution < -0.4 is 5.48 Å². The van der Waals surface area contributed by atoms with Crippen LogP contribution in [0.15, 0.2) is 33.7 Å². The van der Waals surface area contributed by atoms with Gasteiger partial charge in [-0.1, -0.05) is 23.4 Å². The zero-order chi connectivity index (χ0) is 13.1. The minimum atomic E-state index is -1.59. The Balaban J connectivity index is 2.05. The van der Waals surface area contributed by atoms with E-state index in [-0.39, 0.29) is 0 Å². The van der Waals surface area contributed by atoms with Crippen LogP contribution >= 0.6 is 0 Å². The lowest BCUT2D eigenvalue weighted by Gasteiger charge is -2.05. The fourth-order valence-electron chi connectivity index (χ4n) is 1.37. The van der Waals surface area contributed by atoms with E-state index in [1.165, 1.54) is 0 Å². The SMILES string of the molecule is Cc1ccccc1S(=O)ONc1onc(C)c1C. The topological polar surface area (TPSA) is 64.4 Å². The number of aryl methyl sites for hydroxylation is 2. The molecular weight excluding hydrogens is 252 g/mol. The Morgan fingerprint density at radius 1 is 1.28 bits per heavy atom. The monoisotopic (exact) mass is 266 g/mol. The summed E-state index contributed by atoms with van der Waals surface area (Å²) in [4.78, 5) is 0.624. The van der Waals surface area contributed by atoms with Gasteiger partial charge in [-0.2, -0.15) is 4.28 Å². The lowest BCUT2D eigenvalue weighted by Crippen LogP contribution is -2.06. The van der Waals surface area contributed by atoms with Crippen molar-refractivity contribution < 1.29 is 13.0 Å². The maximum absolute atomic E-state index is 11.9. The standard InChI is InChI=1S/C12H14N2O3S/c1-8-6-4-5-7-11(8)18(15)17-14-12-9(2)10(3)13-16-12/h4-7,14H,1-3H3. The Labute approximate surface area is 108 Å². The second-order valence-corrected chi connectivity index (χ2v) is 4.98. The third-order valence-electron chi connectivity index (χ3n) is 2.64. The van der Waals surface area contributed by atoms with Gasteiger partial charge in [0.2, 0.25) is 11.1 Å². The lowest BCUT2D eigenvalue weighted by atomic mass is 10.2. The van der Waals surface area contributed by atoms with E-state index in [1.807, 2.05) is 39.0 Å². The highest BCUT2D eigenvalue weighted by Crippen LogP contribution is 2.19. The summed E-state index contributed by atoms with van der Waals surface area (Å²) in [5.41, 5.74) is 5.03. The Hall–Kier alpha value is -1.66. The molecule has 0 radical (unpaired) electrons. The maximum Gasteiger partial charge on any atom is 0.252 e. The average Bonchev–Trinajstić information content (AvgIpc) is 2.68. The largest absolute Gasteiger partial charge is 0.336 e. The van der Waals surface area contributed by atoms with Gasteiger partial charge >= 0.3 is 0 Å². The van der Waals surface area contributed by atoms with Gasteiger partial charge in [-0.3, -0.25) is 0 Å². The summed E-state index contributed by atoms with van der Waals surface area (Å²) in [6, 6.07) is 7.33. The zero-order valence-electron chi connectivity index (χ0n) is 10.4. The third kappa shape index (κ3) is 2.60. The summed E-state index contributed by atoms with van der Waals surface area (Å²) < 4.78 is 22.0. The summed E-state index contributed by atoms with van der Waals surface area (Å²) in [7, 11) is 0. The van der Waals surface area contributed by atoms with Crippen LogP contribution in [0.3, 0.4) is 0 Å². The molecule has 1 unspecified atom stereocenters. The molecule has 0 spiro atoms. The van der Waals surface area contributed by atoms with Crippen molar-refractivity contribution in [2.24, 2.45) is 0 Å². The molecule has 0 bridgehead atoms. The summed E-state index contributed by atoms with van der Waals surface area (Å²) in [6.45, 7) is 5.54. The zero-order valence-corrected chi connectivity index (χ0v) is 11.2. The van der Waals surface area contributed by atoms with Gasteiger partial charge in [-0.25, -0.2) is 9.69 Å². The summed E-state index contributed by atoms with van der Waals surface area (Å²) >= 11 is -1.59. The molecule has 0 aliphatic carbocycles. The number of benzene rings is 1. The van der Waals surface area contributed by atoms with Crippen LogP contribution in [0.25, 0.3) is 0 Å². The molecule has 2 rings (SSSR count). The molecule has 1 aromatic carbocycles. The minimum Gasteiger partial charge on any atom is -0.336 e. The molecule has 18 heavy (non-hydrogen) atoms. The highest BCUT2D eigenvalue weighted by atomic mass is 32.2. The normalized spacial score (nSPS) is 12.4.